The van der Waals surface area contributed by atoms with Gasteiger partial charge in [0.15, 0.2) is 0 Å². The summed E-state index contributed by atoms with van der Waals surface area (Å²) in [5.41, 5.74) is 0.0778. The van der Waals surface area contributed by atoms with E-state index in [1.807, 2.05) is 13.8 Å². The maximum absolute atomic E-state index is 13.6. The molecule has 106 valence electrons. The van der Waals surface area contributed by atoms with Gasteiger partial charge in [-0.25, -0.2) is 4.39 Å². The Morgan fingerprint density at radius 1 is 1.53 bits per heavy atom. The van der Waals surface area contributed by atoms with Gasteiger partial charge in [-0.05, 0) is 36.2 Å². The van der Waals surface area contributed by atoms with E-state index >= 15 is 0 Å². The van der Waals surface area contributed by atoms with Gasteiger partial charge in [-0.15, -0.1) is 0 Å². The monoisotopic (exact) mass is 334 g/mol. The molecule has 0 amide bonds. The van der Waals surface area contributed by atoms with Gasteiger partial charge in [0.2, 0.25) is 0 Å². The number of aliphatic hydroxyl groups excluding tert-OH is 1. The van der Waals surface area contributed by atoms with Gasteiger partial charge in [0, 0.05) is 31.3 Å². The highest BCUT2D eigenvalue weighted by molar-refractivity contribution is 9.10. The van der Waals surface area contributed by atoms with Gasteiger partial charge in [0.25, 0.3) is 5.69 Å². The maximum atomic E-state index is 13.6. The zero-order valence-corrected chi connectivity index (χ0v) is 12.4. The molecule has 1 rings (SSSR count). The van der Waals surface area contributed by atoms with Gasteiger partial charge in [-0.2, -0.15) is 0 Å². The lowest BCUT2D eigenvalue weighted by Crippen LogP contribution is -2.32. The Bertz CT molecular complexity index is 469. The van der Waals surface area contributed by atoms with E-state index in [1.165, 1.54) is 6.07 Å². The van der Waals surface area contributed by atoms with Gasteiger partial charge in [-0.3, -0.25) is 10.1 Å². The highest BCUT2D eigenvalue weighted by Gasteiger charge is 2.23. The zero-order valence-electron chi connectivity index (χ0n) is 10.8. The molecular weight excluding hydrogens is 319 g/mol. The quantitative estimate of drug-likeness (QED) is 0.641. The summed E-state index contributed by atoms with van der Waals surface area (Å²) in [6, 6.07) is 2.28. The van der Waals surface area contributed by atoms with Gasteiger partial charge in [-0.1, -0.05) is 0 Å². The van der Waals surface area contributed by atoms with E-state index in [1.54, 1.807) is 4.90 Å². The molecule has 19 heavy (non-hydrogen) atoms. The van der Waals surface area contributed by atoms with Crippen molar-refractivity contribution in [1.82, 2.24) is 0 Å². The molecule has 0 radical (unpaired) electrons. The summed E-state index contributed by atoms with van der Waals surface area (Å²) < 4.78 is 13.7. The minimum Gasteiger partial charge on any atom is -0.396 e. The van der Waals surface area contributed by atoms with Gasteiger partial charge in [0.1, 0.15) is 11.5 Å². The number of anilines is 1. The number of hydrogen-bond donors (Lipinski definition) is 1. The molecule has 0 fully saturated rings. The average Bonchev–Trinajstić information content (AvgIpc) is 2.32. The van der Waals surface area contributed by atoms with Crippen molar-refractivity contribution in [1.29, 1.82) is 0 Å². The highest BCUT2D eigenvalue weighted by Crippen LogP contribution is 2.34. The largest absolute Gasteiger partial charge is 0.396 e. The molecule has 0 aromatic heterocycles. The molecule has 0 saturated carbocycles. The van der Waals surface area contributed by atoms with Crippen molar-refractivity contribution < 1.29 is 14.4 Å². The van der Waals surface area contributed by atoms with Crippen molar-refractivity contribution in [3.63, 3.8) is 0 Å². The molecule has 1 aromatic rings. The Balaban J connectivity index is 3.27. The summed E-state index contributed by atoms with van der Waals surface area (Å²) >= 11 is 2.95. The van der Waals surface area contributed by atoms with Gasteiger partial charge >= 0.3 is 0 Å². The predicted molar refractivity (Wildman–Crippen MR) is 74.9 cm³/mol. The number of nitro groups is 1. The third kappa shape index (κ3) is 3.87. The number of benzene rings is 1. The first kappa shape index (κ1) is 15.8. The fraction of sp³-hybridized carbons (Fsp3) is 0.500. The molecule has 0 unspecified atom stereocenters. The van der Waals surface area contributed by atoms with Crippen LogP contribution in [0.15, 0.2) is 16.6 Å². The van der Waals surface area contributed by atoms with E-state index in [0.29, 0.717) is 13.0 Å². The van der Waals surface area contributed by atoms with Crippen LogP contribution in [0, 0.1) is 15.9 Å². The Morgan fingerprint density at radius 3 is 2.63 bits per heavy atom. The topological polar surface area (TPSA) is 66.6 Å². The van der Waals surface area contributed by atoms with Crippen LogP contribution in [0.4, 0.5) is 15.8 Å². The van der Waals surface area contributed by atoms with Crippen LogP contribution in [-0.4, -0.2) is 29.2 Å². The molecule has 7 heteroatoms. The second-order valence-corrected chi connectivity index (χ2v) is 5.23. The lowest BCUT2D eigenvalue weighted by atomic mass is 10.2. The van der Waals surface area contributed by atoms with Crippen molar-refractivity contribution >= 4 is 27.3 Å². The molecule has 0 bridgehead atoms. The Labute approximate surface area is 119 Å². The first-order valence-corrected chi connectivity index (χ1v) is 6.68. The summed E-state index contributed by atoms with van der Waals surface area (Å²) in [7, 11) is 0. The molecule has 0 saturated heterocycles. The van der Waals surface area contributed by atoms with Crippen molar-refractivity contribution in [3.05, 3.63) is 32.5 Å². The molecule has 5 nitrogen and oxygen atoms in total. The molecule has 0 heterocycles. The molecule has 0 aliphatic rings. The van der Waals surface area contributed by atoms with E-state index in [2.05, 4.69) is 15.9 Å². The van der Waals surface area contributed by atoms with Crippen LogP contribution in [0.25, 0.3) is 0 Å². The Hall–Kier alpha value is -1.21. The van der Waals surface area contributed by atoms with Crippen LogP contribution < -0.4 is 4.90 Å². The number of rotatable bonds is 6. The minimum atomic E-state index is -0.546. The summed E-state index contributed by atoms with van der Waals surface area (Å²) in [6.07, 6.45) is 0.465. The van der Waals surface area contributed by atoms with E-state index in [-0.39, 0.29) is 28.5 Å². The van der Waals surface area contributed by atoms with E-state index < -0.39 is 10.7 Å². The summed E-state index contributed by atoms with van der Waals surface area (Å²) in [5.74, 6) is -0.546. The standard InChI is InChI=1S/C12H16BrFN2O3/c1-8(2)15(4-3-5-17)11-7-10(14)9(13)6-12(11)16(18)19/h6-8,17H,3-5H2,1-2H3. The van der Waals surface area contributed by atoms with Crippen molar-refractivity contribution in [2.75, 3.05) is 18.1 Å². The van der Waals surface area contributed by atoms with Crippen LogP contribution in [-0.2, 0) is 0 Å². The number of aliphatic hydroxyl groups is 1. The predicted octanol–water partition coefficient (Wildman–Crippen LogP) is 3.09. The number of hydrogen-bond acceptors (Lipinski definition) is 4. The SMILES string of the molecule is CC(C)N(CCCO)c1cc(F)c(Br)cc1[N+](=O)[O-]. The van der Waals surface area contributed by atoms with Crippen LogP contribution in [0.1, 0.15) is 20.3 Å². The van der Waals surface area contributed by atoms with Crippen LogP contribution in [0.5, 0.6) is 0 Å². The smallest absolute Gasteiger partial charge is 0.293 e. The van der Waals surface area contributed by atoms with Crippen LogP contribution in [0.2, 0.25) is 0 Å². The van der Waals surface area contributed by atoms with Crippen LogP contribution in [0.3, 0.4) is 0 Å². The zero-order chi connectivity index (χ0) is 14.6. The normalized spacial score (nSPS) is 10.8. The van der Waals surface area contributed by atoms with Crippen molar-refractivity contribution in [2.24, 2.45) is 0 Å². The lowest BCUT2D eigenvalue weighted by Gasteiger charge is -2.28. The molecule has 1 N–H and O–H groups in total. The van der Waals surface area contributed by atoms with Gasteiger partial charge in [0.05, 0.1) is 9.40 Å². The Kier molecular flexibility index (Phi) is 5.68. The van der Waals surface area contributed by atoms with E-state index in [9.17, 15) is 14.5 Å². The number of nitrogens with zero attached hydrogens (tertiary/aromatic N) is 2. The fourth-order valence-electron chi connectivity index (χ4n) is 1.80. The second-order valence-electron chi connectivity index (χ2n) is 4.38. The van der Waals surface area contributed by atoms with Crippen molar-refractivity contribution in [2.45, 2.75) is 26.3 Å². The van der Waals surface area contributed by atoms with E-state index in [0.717, 1.165) is 6.07 Å². The van der Waals surface area contributed by atoms with E-state index in [4.69, 9.17) is 5.11 Å². The van der Waals surface area contributed by atoms with Gasteiger partial charge < -0.3 is 10.0 Å². The number of nitro benzene ring substituents is 1. The lowest BCUT2D eigenvalue weighted by molar-refractivity contribution is -0.384. The number of halogens is 2. The molecule has 0 atom stereocenters. The molecular formula is C12H16BrFN2O3. The molecule has 0 aliphatic carbocycles. The fourth-order valence-corrected chi connectivity index (χ4v) is 2.13. The highest BCUT2D eigenvalue weighted by atomic mass is 79.9. The summed E-state index contributed by atoms with van der Waals surface area (Å²) in [5, 5.41) is 20.0. The Morgan fingerprint density at radius 2 is 2.16 bits per heavy atom. The molecule has 1 aromatic carbocycles. The second kappa shape index (κ2) is 6.81. The van der Waals surface area contributed by atoms with Crippen LogP contribution >= 0.6 is 15.9 Å². The summed E-state index contributed by atoms with van der Waals surface area (Å²) in [6.45, 7) is 4.13. The molecule has 0 aliphatic heterocycles. The third-order valence-corrected chi connectivity index (χ3v) is 3.31. The first-order chi connectivity index (χ1) is 8.88. The van der Waals surface area contributed by atoms with Crippen molar-refractivity contribution in [3.8, 4) is 0 Å². The maximum Gasteiger partial charge on any atom is 0.293 e. The first-order valence-electron chi connectivity index (χ1n) is 5.89. The summed E-state index contributed by atoms with van der Waals surface area (Å²) in [4.78, 5) is 12.3. The molecule has 0 spiro atoms. The third-order valence-electron chi connectivity index (χ3n) is 2.70. The average molecular weight is 335 g/mol. The minimum absolute atomic E-state index is 0.0178.